The average molecular weight is 845 g/mol. The van der Waals surface area contributed by atoms with Gasteiger partial charge in [0.1, 0.15) is 18.1 Å². The van der Waals surface area contributed by atoms with E-state index in [1.165, 1.54) is 19.1 Å². The lowest BCUT2D eigenvalue weighted by Crippen LogP contribution is -2.60. The molecule has 5 N–H and O–H groups in total. The number of amides is 5. The van der Waals surface area contributed by atoms with Gasteiger partial charge in [0, 0.05) is 47.7 Å². The predicted octanol–water partition coefficient (Wildman–Crippen LogP) is 3.86. The number of carbonyl (C=O) groups excluding carboxylic acids is 5. The van der Waals surface area contributed by atoms with Gasteiger partial charge in [0.05, 0.1) is 36.6 Å². The van der Waals surface area contributed by atoms with Gasteiger partial charge in [-0.05, 0) is 55.5 Å². The predicted molar refractivity (Wildman–Crippen MR) is 232 cm³/mol. The van der Waals surface area contributed by atoms with Crippen LogP contribution in [0.15, 0.2) is 30.3 Å². The molecular formula is C45H76N6O9. The molecule has 0 saturated carbocycles. The number of carbonyl (C=O) groups is 6. The number of rotatable bonds is 26. The fraction of sp³-hybridized carbons (Fsp3) is 0.733. The second-order valence-corrected chi connectivity index (χ2v) is 17.2. The number of carboxylic acid groups (broad SMARTS) is 1. The van der Waals surface area contributed by atoms with Gasteiger partial charge >= 0.3 is 5.97 Å². The number of benzene rings is 1. The number of hydrogen-bond donors (Lipinski definition) is 4. The maximum absolute atomic E-state index is 14.5. The van der Waals surface area contributed by atoms with Crippen LogP contribution in [-0.2, 0) is 44.7 Å². The molecule has 0 bridgehead atoms. The molecule has 0 aliphatic carbocycles. The molecule has 1 aliphatic rings. The first-order valence-corrected chi connectivity index (χ1v) is 21.8. The number of nitrogens with one attached hydrogen (secondary N) is 2. The summed E-state index contributed by atoms with van der Waals surface area (Å²) >= 11 is 0. The third-order valence-corrected chi connectivity index (χ3v) is 12.2. The molecule has 15 heteroatoms. The van der Waals surface area contributed by atoms with E-state index in [-0.39, 0.29) is 48.3 Å². The maximum atomic E-state index is 14.5. The van der Waals surface area contributed by atoms with E-state index in [0.717, 1.165) is 18.4 Å². The third-order valence-electron chi connectivity index (χ3n) is 12.2. The Kier molecular flexibility index (Phi) is 22.2. The van der Waals surface area contributed by atoms with Crippen molar-refractivity contribution in [2.75, 3.05) is 41.4 Å². The summed E-state index contributed by atoms with van der Waals surface area (Å²) in [4.78, 5) is 86.2. The Hall–Kier alpha value is -4.08. The fourth-order valence-corrected chi connectivity index (χ4v) is 8.49. The minimum absolute atomic E-state index is 0.0544. The molecule has 1 aromatic carbocycles. The lowest BCUT2D eigenvalue weighted by molar-refractivity contribution is -0.149. The van der Waals surface area contributed by atoms with Crippen LogP contribution in [0.1, 0.15) is 105 Å². The molecule has 0 aromatic heterocycles. The SMILES string of the molecule is CC[C@H](C)[C@@H]([C@@H](CC(=O)N1CCC[C@H]1C(OC)[C@@H](C)C(=O)N[C@@H](Cc1ccccc1)C(=O)O)OC)N(C)C(=O)[C@@H](NC(=O)[C@H](C(C)C)N(C)C(=O)CCCCCN)C(C)C. The number of methoxy groups -OCH3 is 2. The van der Waals surface area contributed by atoms with Crippen LogP contribution in [-0.4, -0.2) is 139 Å². The second kappa shape index (κ2) is 25.6. The molecule has 1 aromatic rings. The Labute approximate surface area is 358 Å². The monoisotopic (exact) mass is 845 g/mol. The Bertz CT molecular complexity index is 1530. The van der Waals surface area contributed by atoms with Crippen molar-refractivity contribution >= 4 is 35.5 Å². The van der Waals surface area contributed by atoms with Gasteiger partial charge in [0.15, 0.2) is 0 Å². The first-order valence-electron chi connectivity index (χ1n) is 21.8. The van der Waals surface area contributed by atoms with E-state index in [1.807, 2.05) is 59.7 Å². The molecule has 1 aliphatic heterocycles. The highest BCUT2D eigenvalue weighted by Crippen LogP contribution is 2.30. The topological polar surface area (TPSA) is 201 Å². The van der Waals surface area contributed by atoms with Crippen molar-refractivity contribution in [3.05, 3.63) is 35.9 Å². The number of aliphatic carboxylic acids is 1. The van der Waals surface area contributed by atoms with Gasteiger partial charge in [-0.25, -0.2) is 4.79 Å². The summed E-state index contributed by atoms with van der Waals surface area (Å²) in [5.74, 6) is -4.14. The summed E-state index contributed by atoms with van der Waals surface area (Å²) in [6.07, 6.45) is 3.21. The number of hydrogen-bond acceptors (Lipinski definition) is 9. The van der Waals surface area contributed by atoms with Gasteiger partial charge in [-0.2, -0.15) is 0 Å². The average Bonchev–Trinajstić information content (AvgIpc) is 3.70. The molecule has 5 amide bonds. The van der Waals surface area contributed by atoms with Gasteiger partial charge in [-0.1, -0.05) is 91.6 Å². The lowest BCUT2D eigenvalue weighted by atomic mass is 9.89. The number of nitrogens with two attached hydrogens (primary N) is 1. The van der Waals surface area contributed by atoms with Crippen LogP contribution in [0.5, 0.6) is 0 Å². The standard InChI is InChI=1S/C45H76N6O9/c1-12-30(6)40(50(9)44(56)38(28(2)3)48-43(55)39(29(4)5)49(8)36(52)23-17-14-18-24-46)35(59-10)27-37(53)51-25-19-22-34(51)41(60-11)31(7)42(54)47-33(45(57)58)26-32-20-15-13-16-21-32/h13,15-16,20-21,28-31,33-35,38-41H,12,14,17-19,22-27,46H2,1-11H3,(H,47,54)(H,48,55)(H,57,58)/t30-,31+,33-,34-,35+,38-,39-,40-,41?/m0/s1. The minimum Gasteiger partial charge on any atom is -0.480 e. The second-order valence-electron chi connectivity index (χ2n) is 17.2. The van der Waals surface area contributed by atoms with Crippen molar-refractivity contribution < 1.29 is 43.3 Å². The van der Waals surface area contributed by atoms with Crippen molar-refractivity contribution in [2.24, 2.45) is 29.4 Å². The highest BCUT2D eigenvalue weighted by molar-refractivity contribution is 5.92. The van der Waals surface area contributed by atoms with Crippen LogP contribution in [0.4, 0.5) is 0 Å². The molecule has 1 unspecified atom stereocenters. The molecule has 9 atom stereocenters. The van der Waals surface area contributed by atoms with Crippen molar-refractivity contribution in [1.29, 1.82) is 0 Å². The van der Waals surface area contributed by atoms with E-state index in [4.69, 9.17) is 15.2 Å². The molecular weight excluding hydrogens is 769 g/mol. The normalized spacial score (nSPS) is 18.2. The van der Waals surface area contributed by atoms with Gasteiger partial charge in [-0.3, -0.25) is 24.0 Å². The number of nitrogens with zero attached hydrogens (tertiary/aromatic N) is 3. The van der Waals surface area contributed by atoms with Crippen LogP contribution >= 0.6 is 0 Å². The van der Waals surface area contributed by atoms with E-state index >= 15 is 0 Å². The first kappa shape index (κ1) is 52.1. The van der Waals surface area contributed by atoms with E-state index in [1.54, 1.807) is 43.0 Å². The Morgan fingerprint density at radius 2 is 1.53 bits per heavy atom. The zero-order valence-corrected chi connectivity index (χ0v) is 38.1. The molecule has 340 valence electrons. The summed E-state index contributed by atoms with van der Waals surface area (Å²) < 4.78 is 11.9. The Morgan fingerprint density at radius 3 is 2.07 bits per heavy atom. The molecule has 60 heavy (non-hydrogen) atoms. The highest BCUT2D eigenvalue weighted by Gasteiger charge is 2.43. The van der Waals surface area contributed by atoms with Crippen LogP contribution in [0.2, 0.25) is 0 Å². The van der Waals surface area contributed by atoms with Crippen molar-refractivity contribution in [3.8, 4) is 0 Å². The smallest absolute Gasteiger partial charge is 0.326 e. The van der Waals surface area contributed by atoms with E-state index < -0.39 is 66.1 Å². The molecule has 1 saturated heterocycles. The van der Waals surface area contributed by atoms with Crippen LogP contribution < -0.4 is 16.4 Å². The Morgan fingerprint density at radius 1 is 0.883 bits per heavy atom. The van der Waals surface area contributed by atoms with E-state index in [9.17, 15) is 33.9 Å². The van der Waals surface area contributed by atoms with Crippen molar-refractivity contribution in [3.63, 3.8) is 0 Å². The zero-order valence-electron chi connectivity index (χ0n) is 38.1. The van der Waals surface area contributed by atoms with Gasteiger partial charge in [-0.15, -0.1) is 0 Å². The summed E-state index contributed by atoms with van der Waals surface area (Å²) in [5, 5.41) is 15.6. The summed E-state index contributed by atoms with van der Waals surface area (Å²) in [7, 11) is 6.31. The quantitative estimate of drug-likeness (QED) is 0.0994. The number of likely N-dealkylation sites (tertiary alicyclic amines) is 1. The molecule has 15 nitrogen and oxygen atoms in total. The van der Waals surface area contributed by atoms with Crippen molar-refractivity contribution in [2.45, 2.75) is 149 Å². The van der Waals surface area contributed by atoms with Gasteiger partial charge in [0.2, 0.25) is 29.5 Å². The molecule has 1 fully saturated rings. The fourth-order valence-electron chi connectivity index (χ4n) is 8.49. The molecule has 0 spiro atoms. The van der Waals surface area contributed by atoms with Crippen LogP contribution in [0.3, 0.4) is 0 Å². The third kappa shape index (κ3) is 14.5. The van der Waals surface area contributed by atoms with E-state index in [0.29, 0.717) is 45.2 Å². The summed E-state index contributed by atoms with van der Waals surface area (Å²) in [5.41, 5.74) is 6.38. The minimum atomic E-state index is -1.15. The van der Waals surface area contributed by atoms with Gasteiger partial charge < -0.3 is 45.6 Å². The molecule has 0 radical (unpaired) electrons. The first-order chi connectivity index (χ1) is 28.4. The van der Waals surface area contributed by atoms with E-state index in [2.05, 4.69) is 10.6 Å². The van der Waals surface area contributed by atoms with Gasteiger partial charge in [0.25, 0.3) is 0 Å². The molecule has 2 rings (SSSR count). The summed E-state index contributed by atoms with van der Waals surface area (Å²) in [6.45, 7) is 14.1. The zero-order chi connectivity index (χ0) is 45.3. The largest absolute Gasteiger partial charge is 0.480 e. The number of carboxylic acids is 1. The number of likely N-dealkylation sites (N-methyl/N-ethyl adjacent to an activating group) is 2. The number of unbranched alkanes of at least 4 members (excludes halogenated alkanes) is 2. The maximum Gasteiger partial charge on any atom is 0.326 e. The van der Waals surface area contributed by atoms with Crippen LogP contribution in [0, 0.1) is 23.7 Å². The number of ether oxygens (including phenoxy) is 2. The Balaban J connectivity index is 2.27. The van der Waals surface area contributed by atoms with Crippen molar-refractivity contribution in [1.82, 2.24) is 25.3 Å². The molecule has 1 heterocycles. The lowest BCUT2D eigenvalue weighted by Gasteiger charge is -2.41. The van der Waals surface area contributed by atoms with Crippen LogP contribution in [0.25, 0.3) is 0 Å². The highest BCUT2D eigenvalue weighted by atomic mass is 16.5. The summed E-state index contributed by atoms with van der Waals surface area (Å²) in [6, 6.07) is 5.22.